The average molecular weight is 374 g/mol. The van der Waals surface area contributed by atoms with E-state index in [1.165, 1.54) is 9.13 Å². The van der Waals surface area contributed by atoms with E-state index < -0.39 is 6.04 Å². The fraction of sp³-hybridized carbons (Fsp3) is 0.533. The summed E-state index contributed by atoms with van der Waals surface area (Å²) in [6, 6.07) is 7.85. The van der Waals surface area contributed by atoms with Crippen molar-refractivity contribution in [3.8, 4) is 0 Å². The van der Waals surface area contributed by atoms with E-state index >= 15 is 0 Å². The van der Waals surface area contributed by atoms with Gasteiger partial charge in [-0.1, -0.05) is 32.0 Å². The van der Waals surface area contributed by atoms with Gasteiger partial charge in [-0.3, -0.25) is 4.79 Å². The van der Waals surface area contributed by atoms with Crippen molar-refractivity contribution in [3.05, 3.63) is 33.4 Å². The lowest BCUT2D eigenvalue weighted by atomic mass is 10.0. The van der Waals surface area contributed by atoms with Gasteiger partial charge in [-0.05, 0) is 54.0 Å². The first-order valence-corrected chi connectivity index (χ1v) is 7.72. The van der Waals surface area contributed by atoms with Crippen LogP contribution in [0.4, 0.5) is 0 Å². The molecule has 0 spiro atoms. The molecule has 1 aromatic rings. The number of hydrogen-bond donors (Lipinski definition) is 1. The maximum atomic E-state index is 12.4. The standard InChI is InChI=1S/C15H23IN2O/c1-10(2)14(17)15(19)18(11(3)4)9-12-7-5-6-8-13(12)16/h5-8,10-11,14H,9,17H2,1-4H3/t14-/m0/s1. The van der Waals surface area contributed by atoms with Crippen LogP contribution in [0.2, 0.25) is 0 Å². The largest absolute Gasteiger partial charge is 0.335 e. The van der Waals surface area contributed by atoms with Crippen LogP contribution in [0.25, 0.3) is 0 Å². The minimum absolute atomic E-state index is 0.0321. The normalized spacial score (nSPS) is 12.8. The number of rotatable bonds is 5. The smallest absolute Gasteiger partial charge is 0.240 e. The van der Waals surface area contributed by atoms with E-state index in [1.807, 2.05) is 44.7 Å². The van der Waals surface area contributed by atoms with E-state index in [0.29, 0.717) is 6.54 Å². The molecule has 0 aliphatic rings. The Morgan fingerprint density at radius 1 is 1.26 bits per heavy atom. The van der Waals surface area contributed by atoms with E-state index in [2.05, 4.69) is 34.7 Å². The Labute approximate surface area is 129 Å². The van der Waals surface area contributed by atoms with Gasteiger partial charge in [0.1, 0.15) is 0 Å². The molecule has 0 fully saturated rings. The average Bonchev–Trinajstić information content (AvgIpc) is 2.35. The van der Waals surface area contributed by atoms with Crippen LogP contribution < -0.4 is 5.73 Å². The predicted molar refractivity (Wildman–Crippen MR) is 87.7 cm³/mol. The molecule has 106 valence electrons. The fourth-order valence-corrected chi connectivity index (χ4v) is 2.36. The molecule has 19 heavy (non-hydrogen) atoms. The lowest BCUT2D eigenvalue weighted by Crippen LogP contribution is -2.48. The van der Waals surface area contributed by atoms with Crippen molar-refractivity contribution < 1.29 is 4.79 Å². The summed E-state index contributed by atoms with van der Waals surface area (Å²) in [4.78, 5) is 14.3. The molecule has 1 aromatic carbocycles. The van der Waals surface area contributed by atoms with Crippen molar-refractivity contribution in [3.63, 3.8) is 0 Å². The third-order valence-electron chi connectivity index (χ3n) is 3.21. The van der Waals surface area contributed by atoms with E-state index in [1.54, 1.807) is 0 Å². The van der Waals surface area contributed by atoms with Crippen LogP contribution in [-0.2, 0) is 11.3 Å². The topological polar surface area (TPSA) is 46.3 Å². The van der Waals surface area contributed by atoms with Crippen molar-refractivity contribution in [2.24, 2.45) is 11.7 Å². The molecule has 0 bridgehead atoms. The van der Waals surface area contributed by atoms with Gasteiger partial charge in [0.15, 0.2) is 0 Å². The fourth-order valence-electron chi connectivity index (χ4n) is 1.80. The van der Waals surface area contributed by atoms with Crippen LogP contribution in [-0.4, -0.2) is 22.9 Å². The van der Waals surface area contributed by atoms with Gasteiger partial charge in [0.05, 0.1) is 6.04 Å². The summed E-state index contributed by atoms with van der Waals surface area (Å²) in [5.74, 6) is 0.188. The highest BCUT2D eigenvalue weighted by molar-refractivity contribution is 14.1. The number of carbonyl (C=O) groups is 1. The summed E-state index contributed by atoms with van der Waals surface area (Å²) in [5, 5.41) is 0. The second-order valence-electron chi connectivity index (χ2n) is 5.42. The van der Waals surface area contributed by atoms with Crippen LogP contribution in [0.15, 0.2) is 24.3 Å². The Morgan fingerprint density at radius 2 is 1.84 bits per heavy atom. The molecule has 1 atom stereocenters. The van der Waals surface area contributed by atoms with Crippen LogP contribution in [0, 0.1) is 9.49 Å². The zero-order valence-corrected chi connectivity index (χ0v) is 14.2. The zero-order chi connectivity index (χ0) is 14.6. The molecule has 3 nitrogen and oxygen atoms in total. The van der Waals surface area contributed by atoms with Crippen molar-refractivity contribution in [2.45, 2.75) is 46.3 Å². The lowest BCUT2D eigenvalue weighted by Gasteiger charge is -2.31. The molecule has 1 amide bonds. The molecule has 1 rings (SSSR count). The summed E-state index contributed by atoms with van der Waals surface area (Å²) in [6.45, 7) is 8.64. The highest BCUT2D eigenvalue weighted by Crippen LogP contribution is 2.17. The van der Waals surface area contributed by atoms with Crippen LogP contribution in [0.5, 0.6) is 0 Å². The molecule has 4 heteroatoms. The highest BCUT2D eigenvalue weighted by atomic mass is 127. The molecule has 2 N–H and O–H groups in total. The van der Waals surface area contributed by atoms with E-state index in [-0.39, 0.29) is 17.9 Å². The molecule has 0 unspecified atom stereocenters. The molecule has 0 aliphatic heterocycles. The minimum Gasteiger partial charge on any atom is -0.335 e. The van der Waals surface area contributed by atoms with Crippen molar-refractivity contribution in [2.75, 3.05) is 0 Å². The number of benzene rings is 1. The molecular formula is C15H23IN2O. The Balaban J connectivity index is 2.91. The Kier molecular flexibility index (Phi) is 6.26. The van der Waals surface area contributed by atoms with Gasteiger partial charge >= 0.3 is 0 Å². The van der Waals surface area contributed by atoms with Gasteiger partial charge < -0.3 is 10.6 Å². The van der Waals surface area contributed by atoms with Crippen molar-refractivity contribution >= 4 is 28.5 Å². The number of nitrogens with zero attached hydrogens (tertiary/aromatic N) is 1. The molecule has 0 saturated heterocycles. The number of hydrogen-bond acceptors (Lipinski definition) is 2. The molecular weight excluding hydrogens is 351 g/mol. The second kappa shape index (κ2) is 7.24. The lowest BCUT2D eigenvalue weighted by molar-refractivity contribution is -0.136. The summed E-state index contributed by atoms with van der Waals surface area (Å²) in [6.07, 6.45) is 0. The summed E-state index contributed by atoms with van der Waals surface area (Å²) < 4.78 is 1.18. The first kappa shape index (κ1) is 16.4. The van der Waals surface area contributed by atoms with Crippen LogP contribution in [0.1, 0.15) is 33.3 Å². The summed E-state index contributed by atoms with van der Waals surface area (Å²) in [7, 11) is 0. The third-order valence-corrected chi connectivity index (χ3v) is 4.26. The van der Waals surface area contributed by atoms with Crippen LogP contribution >= 0.6 is 22.6 Å². The number of nitrogens with two attached hydrogens (primary N) is 1. The maximum Gasteiger partial charge on any atom is 0.240 e. The third kappa shape index (κ3) is 4.45. The molecule has 0 heterocycles. The van der Waals surface area contributed by atoms with Crippen molar-refractivity contribution in [1.82, 2.24) is 4.90 Å². The second-order valence-corrected chi connectivity index (χ2v) is 6.58. The van der Waals surface area contributed by atoms with Gasteiger partial charge in [-0.15, -0.1) is 0 Å². The predicted octanol–water partition coefficient (Wildman–Crippen LogP) is 3.01. The number of carbonyl (C=O) groups excluding carboxylic acids is 1. The zero-order valence-electron chi connectivity index (χ0n) is 12.1. The van der Waals surface area contributed by atoms with Gasteiger partial charge in [0.2, 0.25) is 5.91 Å². The molecule has 0 aliphatic carbocycles. The van der Waals surface area contributed by atoms with E-state index in [4.69, 9.17) is 5.73 Å². The first-order valence-electron chi connectivity index (χ1n) is 6.64. The van der Waals surface area contributed by atoms with E-state index in [0.717, 1.165) is 0 Å². The van der Waals surface area contributed by atoms with Gasteiger partial charge in [-0.25, -0.2) is 0 Å². The summed E-state index contributed by atoms with van der Waals surface area (Å²) in [5.41, 5.74) is 7.17. The van der Waals surface area contributed by atoms with Gasteiger partial charge in [-0.2, -0.15) is 0 Å². The van der Waals surface area contributed by atoms with E-state index in [9.17, 15) is 4.79 Å². The van der Waals surface area contributed by atoms with Crippen molar-refractivity contribution in [1.29, 1.82) is 0 Å². The Bertz CT molecular complexity index is 432. The first-order chi connectivity index (χ1) is 8.84. The Morgan fingerprint density at radius 3 is 2.32 bits per heavy atom. The summed E-state index contributed by atoms with van der Waals surface area (Å²) >= 11 is 2.30. The quantitative estimate of drug-likeness (QED) is 0.806. The van der Waals surface area contributed by atoms with Crippen LogP contribution in [0.3, 0.4) is 0 Å². The highest BCUT2D eigenvalue weighted by Gasteiger charge is 2.25. The number of halogens is 1. The monoisotopic (exact) mass is 374 g/mol. The Hall–Kier alpha value is -0.620. The minimum atomic E-state index is -0.427. The maximum absolute atomic E-state index is 12.4. The van der Waals surface area contributed by atoms with Gasteiger partial charge in [0.25, 0.3) is 0 Å². The molecule has 0 aromatic heterocycles. The number of amides is 1. The molecule has 0 radical (unpaired) electrons. The molecule has 0 saturated carbocycles. The SMILES string of the molecule is CC(C)[C@H](N)C(=O)N(Cc1ccccc1I)C(C)C. The van der Waals surface area contributed by atoms with Gasteiger partial charge in [0, 0.05) is 16.2 Å².